The Hall–Kier alpha value is -2.54. The van der Waals surface area contributed by atoms with Gasteiger partial charge in [-0.05, 0) is 23.7 Å². The lowest BCUT2D eigenvalue weighted by atomic mass is 10.0. The highest BCUT2D eigenvalue weighted by Crippen LogP contribution is 2.33. The molecule has 20 heavy (non-hydrogen) atoms. The van der Waals surface area contributed by atoms with Crippen molar-refractivity contribution >= 4 is 11.4 Å². The van der Waals surface area contributed by atoms with Crippen molar-refractivity contribution in [3.63, 3.8) is 0 Å². The van der Waals surface area contributed by atoms with E-state index in [1.165, 1.54) is 0 Å². The summed E-state index contributed by atoms with van der Waals surface area (Å²) in [7, 11) is 1.72. The average Bonchev–Trinajstić information content (AvgIpc) is 2.65. The van der Waals surface area contributed by atoms with Gasteiger partial charge in [0, 0.05) is 24.0 Å². The van der Waals surface area contributed by atoms with Crippen LogP contribution < -0.4 is 4.90 Å². The Morgan fingerprint density at radius 1 is 0.800 bits per heavy atom. The fourth-order valence-electron chi connectivity index (χ4n) is 2.16. The molecule has 0 spiro atoms. The summed E-state index contributed by atoms with van der Waals surface area (Å²) in [5, 5.41) is 0. The number of benzene rings is 3. The van der Waals surface area contributed by atoms with Crippen molar-refractivity contribution in [2.24, 2.45) is 0 Å². The first kappa shape index (κ1) is 7.91. The molecule has 0 N–H and O–H groups in total. The van der Waals surface area contributed by atoms with Crippen LogP contribution in [0.5, 0.6) is 0 Å². The summed E-state index contributed by atoms with van der Waals surface area (Å²) in [5.41, 5.74) is 2.86. The van der Waals surface area contributed by atoms with Gasteiger partial charge >= 0.3 is 0 Å². The molecule has 98 valence electrons. The van der Waals surface area contributed by atoms with Gasteiger partial charge in [0.15, 0.2) is 0 Å². The van der Waals surface area contributed by atoms with Crippen LogP contribution in [0.25, 0.3) is 11.1 Å². The lowest BCUT2D eigenvalue weighted by molar-refractivity contribution is 1.21. The first-order valence-electron chi connectivity index (χ1n) is 8.88. The molecule has 0 saturated heterocycles. The third-order valence-corrected chi connectivity index (χ3v) is 3.17. The molecule has 0 amide bonds. The maximum absolute atomic E-state index is 8.18. The van der Waals surface area contributed by atoms with Crippen LogP contribution in [-0.4, -0.2) is 7.05 Å². The van der Waals surface area contributed by atoms with Crippen LogP contribution in [0, 0.1) is 0 Å². The largest absolute Gasteiger partial charge is 0.344 e. The fourth-order valence-corrected chi connectivity index (χ4v) is 2.16. The molecule has 0 fully saturated rings. The number of nitrogens with zero attached hydrogens (tertiary/aromatic N) is 1. The van der Waals surface area contributed by atoms with Crippen LogP contribution in [0.3, 0.4) is 0 Å². The van der Waals surface area contributed by atoms with Crippen LogP contribution in [-0.2, 0) is 0 Å². The first-order valence-corrected chi connectivity index (χ1v) is 6.38. The second-order valence-corrected chi connectivity index (χ2v) is 4.42. The molecule has 1 nitrogen and oxygen atoms in total. The Balaban J connectivity index is 2.21. The summed E-state index contributed by atoms with van der Waals surface area (Å²) in [5.74, 6) is 0. The van der Waals surface area contributed by atoms with Gasteiger partial charge in [0.2, 0.25) is 0 Å². The lowest BCUT2D eigenvalue weighted by Crippen LogP contribution is -2.10. The summed E-state index contributed by atoms with van der Waals surface area (Å²) < 4.78 is 39.8. The molecule has 3 aromatic rings. The van der Waals surface area contributed by atoms with E-state index >= 15 is 0 Å². The topological polar surface area (TPSA) is 3.24 Å². The van der Waals surface area contributed by atoms with E-state index in [1.807, 2.05) is 54.6 Å². The highest BCUT2D eigenvalue weighted by atomic mass is 15.1. The van der Waals surface area contributed by atoms with E-state index in [2.05, 4.69) is 0 Å². The second kappa shape index (κ2) is 5.62. The van der Waals surface area contributed by atoms with E-state index in [1.54, 1.807) is 11.9 Å². The van der Waals surface area contributed by atoms with Crippen molar-refractivity contribution in [1.29, 1.82) is 0 Å². The summed E-state index contributed by atoms with van der Waals surface area (Å²) in [4.78, 5) is 1.66. The highest BCUT2D eigenvalue weighted by molar-refractivity contribution is 5.81. The van der Waals surface area contributed by atoms with Crippen molar-refractivity contribution in [1.82, 2.24) is 0 Å². The summed E-state index contributed by atoms with van der Waals surface area (Å²) in [6.07, 6.45) is 0. The van der Waals surface area contributed by atoms with Gasteiger partial charge in [0.1, 0.15) is 0 Å². The fraction of sp³-hybridized carbons (Fsp3) is 0.0526. The number of hydrogen-bond acceptors (Lipinski definition) is 1. The van der Waals surface area contributed by atoms with Crippen molar-refractivity contribution in [3.05, 3.63) is 84.8 Å². The number of hydrogen-bond donors (Lipinski definition) is 0. The van der Waals surface area contributed by atoms with Gasteiger partial charge in [-0.15, -0.1) is 0 Å². The van der Waals surface area contributed by atoms with Crippen LogP contribution in [0.4, 0.5) is 11.4 Å². The highest BCUT2D eigenvalue weighted by Gasteiger charge is 2.09. The molecule has 3 aromatic carbocycles. The predicted octanol–water partition coefficient (Wildman–Crippen LogP) is 5.12. The zero-order chi connectivity index (χ0) is 18.1. The summed E-state index contributed by atoms with van der Waals surface area (Å²) in [6, 6.07) is 15.9. The minimum absolute atomic E-state index is 0.161. The molecule has 0 saturated carbocycles. The molecule has 0 aromatic heterocycles. The molecule has 0 atom stereocenters. The van der Waals surface area contributed by atoms with Gasteiger partial charge in [0.25, 0.3) is 0 Å². The maximum Gasteiger partial charge on any atom is 0.0645 e. The SMILES string of the molecule is [2H]c1c([2H])c([2H])c(N(C)c2ccccc2-c2ccccc2)c([2H])c1[2H]. The van der Waals surface area contributed by atoms with Crippen LogP contribution in [0.2, 0.25) is 0 Å². The smallest absolute Gasteiger partial charge is 0.0645 e. The standard InChI is InChI=1S/C19H17N/c1-20(17-12-6-3-7-13-17)19-15-9-8-14-18(19)16-10-4-2-5-11-16/h2-15H,1H3/i3D,6D,7D,12D,13D. The number of anilines is 2. The third kappa shape index (κ3) is 2.43. The van der Waals surface area contributed by atoms with Gasteiger partial charge in [-0.25, -0.2) is 0 Å². The van der Waals surface area contributed by atoms with Crippen molar-refractivity contribution in [3.8, 4) is 11.1 Å². The van der Waals surface area contributed by atoms with Crippen molar-refractivity contribution in [2.75, 3.05) is 11.9 Å². The summed E-state index contributed by atoms with van der Waals surface area (Å²) >= 11 is 0. The Labute approximate surface area is 127 Å². The van der Waals surface area contributed by atoms with Gasteiger partial charge in [-0.1, -0.05) is 66.7 Å². The van der Waals surface area contributed by atoms with Gasteiger partial charge in [0.05, 0.1) is 6.85 Å². The number of para-hydroxylation sites is 2. The normalized spacial score (nSPS) is 13.8. The molecule has 0 radical (unpaired) electrons. The molecule has 0 heterocycles. The van der Waals surface area contributed by atoms with Gasteiger partial charge < -0.3 is 4.90 Å². The Morgan fingerprint density at radius 3 is 2.20 bits per heavy atom. The maximum atomic E-state index is 8.18. The zero-order valence-electron chi connectivity index (χ0n) is 16.1. The Bertz CT molecular complexity index is 896. The first-order chi connectivity index (χ1) is 11.9. The molecule has 1 heteroatoms. The molecular formula is C19H17N. The Kier molecular flexibility index (Phi) is 2.22. The quantitative estimate of drug-likeness (QED) is 0.634. The molecule has 0 aliphatic rings. The van der Waals surface area contributed by atoms with Gasteiger partial charge in [-0.2, -0.15) is 0 Å². The second-order valence-electron chi connectivity index (χ2n) is 4.42. The lowest BCUT2D eigenvalue weighted by Gasteiger charge is -2.22. The van der Waals surface area contributed by atoms with E-state index in [0.29, 0.717) is 0 Å². The van der Waals surface area contributed by atoms with E-state index in [4.69, 9.17) is 6.85 Å². The minimum Gasteiger partial charge on any atom is -0.344 e. The predicted molar refractivity (Wildman–Crippen MR) is 86.4 cm³/mol. The Morgan fingerprint density at radius 2 is 1.45 bits per heavy atom. The minimum atomic E-state index is -0.386. The molecule has 0 unspecified atom stereocenters. The summed E-state index contributed by atoms with van der Waals surface area (Å²) in [6.45, 7) is 0. The monoisotopic (exact) mass is 264 g/mol. The van der Waals surface area contributed by atoms with E-state index in [-0.39, 0.29) is 35.9 Å². The van der Waals surface area contributed by atoms with Crippen LogP contribution in [0.1, 0.15) is 6.85 Å². The van der Waals surface area contributed by atoms with Crippen LogP contribution in [0.15, 0.2) is 84.8 Å². The molecule has 3 rings (SSSR count). The average molecular weight is 264 g/mol. The molecule has 0 aliphatic heterocycles. The van der Waals surface area contributed by atoms with E-state index in [0.717, 1.165) is 16.8 Å². The van der Waals surface area contributed by atoms with E-state index in [9.17, 15) is 0 Å². The van der Waals surface area contributed by atoms with E-state index < -0.39 is 0 Å². The zero-order valence-corrected chi connectivity index (χ0v) is 11.1. The number of rotatable bonds is 3. The van der Waals surface area contributed by atoms with Crippen molar-refractivity contribution in [2.45, 2.75) is 0 Å². The molecule has 0 bridgehead atoms. The van der Waals surface area contributed by atoms with Gasteiger partial charge in [-0.3, -0.25) is 0 Å². The third-order valence-electron chi connectivity index (χ3n) is 3.17. The molecule has 0 aliphatic carbocycles. The molecular weight excluding hydrogens is 242 g/mol. The van der Waals surface area contributed by atoms with Crippen LogP contribution >= 0.6 is 0 Å². The van der Waals surface area contributed by atoms with Crippen molar-refractivity contribution < 1.29 is 6.85 Å².